The van der Waals surface area contributed by atoms with E-state index in [-0.39, 0.29) is 38.5 Å². The second-order valence-electron chi connectivity index (χ2n) is 18.8. The first kappa shape index (κ1) is 48.5. The zero-order chi connectivity index (χ0) is 50.7. The maximum Gasteiger partial charge on any atom is 0.413 e. The van der Waals surface area contributed by atoms with Crippen molar-refractivity contribution in [2.75, 3.05) is 11.9 Å². The molecule has 1 aromatic heterocycles. The fraction of sp³-hybridized carbons (Fsp3) is 0.362. The van der Waals surface area contributed by atoms with Gasteiger partial charge in [0.2, 0.25) is 5.60 Å². The van der Waals surface area contributed by atoms with Crippen LogP contribution in [0.2, 0.25) is 0 Å². The number of aromatic nitrogens is 1. The third-order valence-electron chi connectivity index (χ3n) is 10.8. The van der Waals surface area contributed by atoms with Crippen LogP contribution in [-0.2, 0) is 53.6 Å². The number of esters is 2. The van der Waals surface area contributed by atoms with E-state index < -0.39 is 107 Å². The van der Waals surface area contributed by atoms with Gasteiger partial charge in [-0.15, -0.1) is 11.3 Å². The van der Waals surface area contributed by atoms with E-state index in [0.29, 0.717) is 16.0 Å². The van der Waals surface area contributed by atoms with E-state index in [1.807, 2.05) is 12.1 Å². The first-order valence-electron chi connectivity index (χ1n) is 21.6. The van der Waals surface area contributed by atoms with Crippen LogP contribution in [0.5, 0.6) is 11.5 Å². The van der Waals surface area contributed by atoms with Gasteiger partial charge in [-0.25, -0.2) is 24.2 Å². The maximum atomic E-state index is 14.1. The van der Waals surface area contributed by atoms with Gasteiger partial charge in [-0.2, -0.15) is 5.06 Å². The second kappa shape index (κ2) is 17.6. The summed E-state index contributed by atoms with van der Waals surface area (Å²) in [6.45, 7) is 11.8. The fourth-order valence-corrected chi connectivity index (χ4v) is 8.27. The minimum absolute atomic E-state index is 0.0411. The van der Waals surface area contributed by atoms with Gasteiger partial charge in [0.15, 0.2) is 22.3 Å². The van der Waals surface area contributed by atoms with Crippen LogP contribution >= 0.6 is 11.3 Å². The molecule has 0 aliphatic carbocycles. The van der Waals surface area contributed by atoms with Gasteiger partial charge in [0.25, 0.3) is 23.6 Å². The highest BCUT2D eigenvalue weighted by Gasteiger charge is 2.65. The number of thiazole rings is 1. The number of carbonyl (C=O) groups excluding carboxylic acids is 7. The van der Waals surface area contributed by atoms with Crippen molar-refractivity contribution in [2.45, 2.75) is 102 Å². The SMILES string of the molecule is CC(C)(C)OC(=O)Nc1nc(/C(=N/OC(C)(C)C(=O)OC(C)(C)C)C(=O)N[C@H]2CON(C3(C(=O)O)C[C@@H](N4C(=O)c5cc6c(cc5C4=O)OC(c4ccccc4)(c4ccccc4)O6)C(=O)O3)C2=O)cs1. The normalized spacial score (nSPS) is 20.8. The number of fused-ring (bicyclic) bond motifs is 2. The molecule has 2 fully saturated rings. The lowest BCUT2D eigenvalue weighted by Gasteiger charge is -2.30. The third kappa shape index (κ3) is 9.07. The molecule has 1 unspecified atom stereocenters. The number of benzene rings is 3. The zero-order valence-electron chi connectivity index (χ0n) is 38.8. The van der Waals surface area contributed by atoms with Crippen LogP contribution in [0.3, 0.4) is 0 Å². The monoisotopic (exact) mass is 982 g/mol. The molecule has 3 N–H and O–H groups in total. The van der Waals surface area contributed by atoms with Crippen molar-refractivity contribution < 1.29 is 76.8 Å². The molecule has 5 amide bonds. The van der Waals surface area contributed by atoms with E-state index in [0.717, 1.165) is 11.3 Å². The molecule has 0 radical (unpaired) electrons. The molecule has 4 aliphatic rings. The molecule has 366 valence electrons. The number of oxime groups is 1. The van der Waals surface area contributed by atoms with Gasteiger partial charge in [0, 0.05) is 16.5 Å². The first-order valence-corrected chi connectivity index (χ1v) is 22.4. The maximum absolute atomic E-state index is 14.1. The van der Waals surface area contributed by atoms with E-state index in [1.165, 1.54) is 31.4 Å². The largest absolute Gasteiger partial charge is 0.477 e. The molecule has 23 heteroatoms. The molecule has 4 aromatic rings. The molecular weight excluding hydrogens is 937 g/mol. The molecule has 3 aromatic carbocycles. The van der Waals surface area contributed by atoms with Crippen molar-refractivity contribution in [1.29, 1.82) is 0 Å². The predicted octanol–water partition coefficient (Wildman–Crippen LogP) is 4.65. The van der Waals surface area contributed by atoms with Crippen molar-refractivity contribution in [3.8, 4) is 11.5 Å². The van der Waals surface area contributed by atoms with Gasteiger partial charge in [0.1, 0.15) is 35.6 Å². The minimum Gasteiger partial charge on any atom is -0.477 e. The molecule has 0 spiro atoms. The van der Waals surface area contributed by atoms with Crippen molar-refractivity contribution in [2.24, 2.45) is 5.16 Å². The number of ether oxygens (including phenoxy) is 5. The Bertz CT molecular complexity index is 2790. The molecule has 4 aliphatic heterocycles. The Hall–Kier alpha value is -7.92. The zero-order valence-corrected chi connectivity index (χ0v) is 39.7. The average molecular weight is 983 g/mol. The van der Waals surface area contributed by atoms with Gasteiger partial charge >= 0.3 is 35.5 Å². The standard InChI is InChI=1S/C47H46N6O16S/c1-43(2,3)67-40(61)45(7,8)69-51-33(29-23-70-41(49-29)50-42(62)68-44(4,5)6)34(54)48-28-22-63-53(37(28)57)46(39(59)60)21-30(38(58)66-46)52-35(55)26-19-31-32(20-27(26)36(52)56)65-47(64-31,24-15-11-9-12-16-24)25-17-13-10-14-18-25/h9-20,23,28,30H,21-22H2,1-8H3,(H,48,54)(H,59,60)(H,49,50,62)/b51-33-/t28-,30+,46?/m0/s1. The number of carboxylic acid groups (broad SMARTS) is 1. The van der Waals surface area contributed by atoms with E-state index >= 15 is 0 Å². The smallest absolute Gasteiger partial charge is 0.413 e. The predicted molar refractivity (Wildman–Crippen MR) is 241 cm³/mol. The van der Waals surface area contributed by atoms with Crippen LogP contribution in [0.1, 0.15) is 99.3 Å². The highest BCUT2D eigenvalue weighted by atomic mass is 32.1. The Morgan fingerprint density at radius 2 is 1.37 bits per heavy atom. The van der Waals surface area contributed by atoms with Crippen LogP contribution < -0.4 is 20.1 Å². The van der Waals surface area contributed by atoms with Crippen molar-refractivity contribution in [3.63, 3.8) is 0 Å². The van der Waals surface area contributed by atoms with Crippen LogP contribution in [0.4, 0.5) is 9.93 Å². The number of rotatable bonds is 12. The highest BCUT2D eigenvalue weighted by molar-refractivity contribution is 7.14. The lowest BCUT2D eigenvalue weighted by atomic mass is 9.97. The number of cyclic esters (lactones) is 1. The number of nitrogens with one attached hydrogen (secondary N) is 2. The fourth-order valence-electron chi connectivity index (χ4n) is 7.59. The van der Waals surface area contributed by atoms with Gasteiger partial charge in [0.05, 0.1) is 17.5 Å². The summed E-state index contributed by atoms with van der Waals surface area (Å²) in [4.78, 5) is 124. The van der Waals surface area contributed by atoms with Crippen molar-refractivity contribution in [3.05, 3.63) is 106 Å². The Balaban J connectivity index is 1.01. The molecular formula is C47H46N6O16S. The lowest BCUT2D eigenvalue weighted by molar-refractivity contribution is -0.256. The third-order valence-corrected chi connectivity index (χ3v) is 11.5. The summed E-state index contributed by atoms with van der Waals surface area (Å²) in [6.07, 6.45) is -1.84. The molecule has 22 nitrogen and oxygen atoms in total. The number of imide groups is 1. The Morgan fingerprint density at radius 1 is 0.814 bits per heavy atom. The Kier molecular flexibility index (Phi) is 12.2. The number of hydrogen-bond acceptors (Lipinski definition) is 18. The molecule has 3 atom stereocenters. The summed E-state index contributed by atoms with van der Waals surface area (Å²) in [5.74, 6) is -9.75. The van der Waals surface area contributed by atoms with Crippen LogP contribution in [0.25, 0.3) is 0 Å². The summed E-state index contributed by atoms with van der Waals surface area (Å²) < 4.78 is 28.9. The average Bonchev–Trinajstić information content (AvgIpc) is 4.10. The number of aliphatic carboxylic acids is 1. The second-order valence-corrected chi connectivity index (χ2v) is 19.6. The number of nitrogens with zero attached hydrogens (tertiary/aromatic N) is 4. The van der Waals surface area contributed by atoms with Gasteiger partial charge in [-0.1, -0.05) is 65.8 Å². The number of hydrogen-bond donors (Lipinski definition) is 3. The Labute approximate surface area is 402 Å². The number of amides is 5. The number of hydroxylamine groups is 2. The summed E-state index contributed by atoms with van der Waals surface area (Å²) >= 11 is 0.862. The van der Waals surface area contributed by atoms with Gasteiger partial charge in [-0.05, 0) is 67.5 Å². The minimum atomic E-state index is -2.94. The highest BCUT2D eigenvalue weighted by Crippen LogP contribution is 2.50. The van der Waals surface area contributed by atoms with E-state index in [9.17, 15) is 43.5 Å². The van der Waals surface area contributed by atoms with E-state index in [4.69, 9.17) is 33.4 Å². The molecule has 0 bridgehead atoms. The van der Waals surface area contributed by atoms with Crippen LogP contribution in [0.15, 0.2) is 83.3 Å². The van der Waals surface area contributed by atoms with Crippen molar-refractivity contribution >= 4 is 69.8 Å². The molecule has 2 saturated heterocycles. The number of carbonyl (C=O) groups is 8. The topological polar surface area (TPSA) is 277 Å². The summed E-state index contributed by atoms with van der Waals surface area (Å²) in [7, 11) is 0. The quantitative estimate of drug-likeness (QED) is 0.0572. The van der Waals surface area contributed by atoms with E-state index in [2.05, 4.69) is 20.8 Å². The summed E-state index contributed by atoms with van der Waals surface area (Å²) in [6, 6.07) is 17.0. The molecule has 70 heavy (non-hydrogen) atoms. The summed E-state index contributed by atoms with van der Waals surface area (Å²) in [5, 5.41) is 20.8. The van der Waals surface area contributed by atoms with Crippen molar-refractivity contribution in [1.82, 2.24) is 20.3 Å². The van der Waals surface area contributed by atoms with Crippen LogP contribution in [-0.4, -0.2) is 115 Å². The van der Waals surface area contributed by atoms with Gasteiger partial charge in [-0.3, -0.25) is 34.2 Å². The van der Waals surface area contributed by atoms with Crippen LogP contribution in [0, 0.1) is 0 Å². The molecule has 0 saturated carbocycles. The molecule has 8 rings (SSSR count). The lowest BCUT2D eigenvalue weighted by Crippen LogP contribution is -2.57. The molecule has 5 heterocycles. The Morgan fingerprint density at radius 3 is 1.90 bits per heavy atom. The number of carboxylic acids is 1. The first-order chi connectivity index (χ1) is 32.8. The van der Waals surface area contributed by atoms with Gasteiger partial charge < -0.3 is 38.9 Å². The van der Waals surface area contributed by atoms with E-state index in [1.54, 1.807) is 90.1 Å². The summed E-state index contributed by atoms with van der Waals surface area (Å²) in [5.41, 5.74) is -6.47. The number of anilines is 1.